The Morgan fingerprint density at radius 2 is 2.00 bits per heavy atom. The number of nitrogens with zero attached hydrogens (tertiary/aromatic N) is 4. The zero-order valence-electron chi connectivity index (χ0n) is 15.7. The van der Waals surface area contributed by atoms with Crippen LogP contribution < -0.4 is 15.8 Å². The number of alkyl halides is 3. The van der Waals surface area contributed by atoms with Gasteiger partial charge in [0, 0.05) is 25.4 Å². The molecule has 0 saturated heterocycles. The minimum atomic E-state index is -5.08. The van der Waals surface area contributed by atoms with Gasteiger partial charge in [-0.25, -0.2) is 20.0 Å². The van der Waals surface area contributed by atoms with E-state index in [-0.39, 0.29) is 11.9 Å². The Morgan fingerprint density at radius 1 is 1.39 bits per heavy atom. The van der Waals surface area contributed by atoms with Gasteiger partial charge in [0.05, 0.1) is 0 Å². The third-order valence-electron chi connectivity index (χ3n) is 2.86. The highest BCUT2D eigenvalue weighted by atomic mass is 19.4. The molecule has 2 amide bonds. The summed E-state index contributed by atoms with van der Waals surface area (Å²) in [5.41, 5.74) is 2.76. The SMILES string of the molecule is CCCCNC(=O)NN(CC(C)C)c1ccnc(C#N)n1.O=C(O)C(F)(F)F. The van der Waals surface area contributed by atoms with E-state index in [1.165, 1.54) is 6.20 Å². The number of rotatable bonds is 7. The van der Waals surface area contributed by atoms with E-state index >= 15 is 0 Å². The second kappa shape index (κ2) is 12.3. The second-order valence-corrected chi connectivity index (χ2v) is 5.88. The molecule has 12 heteroatoms. The fourth-order valence-corrected chi connectivity index (χ4v) is 1.66. The quantitative estimate of drug-likeness (QED) is 0.470. The van der Waals surface area contributed by atoms with Crippen molar-refractivity contribution in [2.24, 2.45) is 5.92 Å². The molecule has 3 N–H and O–H groups in total. The number of carboxylic acid groups (broad SMARTS) is 1. The molecule has 0 bridgehead atoms. The van der Waals surface area contributed by atoms with Crippen molar-refractivity contribution in [3.05, 3.63) is 18.1 Å². The highest BCUT2D eigenvalue weighted by Crippen LogP contribution is 2.13. The van der Waals surface area contributed by atoms with Crippen LogP contribution in [-0.4, -0.2) is 46.3 Å². The second-order valence-electron chi connectivity index (χ2n) is 5.88. The third kappa shape index (κ3) is 10.8. The topological polar surface area (TPSA) is 131 Å². The Kier molecular flexibility index (Phi) is 11.0. The van der Waals surface area contributed by atoms with Crippen molar-refractivity contribution in [1.29, 1.82) is 5.26 Å². The summed E-state index contributed by atoms with van der Waals surface area (Å²) in [7, 11) is 0. The van der Waals surface area contributed by atoms with E-state index in [1.807, 2.05) is 19.9 Å². The molecular formula is C16H23F3N6O3. The van der Waals surface area contributed by atoms with Crippen LogP contribution in [0.15, 0.2) is 12.3 Å². The van der Waals surface area contributed by atoms with Crippen molar-refractivity contribution >= 4 is 17.8 Å². The maximum absolute atomic E-state index is 11.9. The number of hydrazine groups is 1. The molecule has 1 aromatic heterocycles. The lowest BCUT2D eigenvalue weighted by Gasteiger charge is -2.26. The summed E-state index contributed by atoms with van der Waals surface area (Å²) in [5.74, 6) is -1.86. The molecule has 0 unspecified atom stereocenters. The number of unbranched alkanes of at least 4 members (excludes halogenated alkanes) is 1. The summed E-state index contributed by atoms with van der Waals surface area (Å²) in [5, 5.41) is 20.4. The molecule has 0 radical (unpaired) electrons. The summed E-state index contributed by atoms with van der Waals surface area (Å²) in [6.45, 7) is 7.36. The smallest absolute Gasteiger partial charge is 0.475 e. The lowest BCUT2D eigenvalue weighted by atomic mass is 10.2. The van der Waals surface area contributed by atoms with Crippen LogP contribution >= 0.6 is 0 Å². The first-order chi connectivity index (χ1) is 13.0. The van der Waals surface area contributed by atoms with Gasteiger partial charge in [0.25, 0.3) is 0 Å². The normalized spacial score (nSPS) is 10.4. The fraction of sp³-hybridized carbons (Fsp3) is 0.562. The van der Waals surface area contributed by atoms with Gasteiger partial charge < -0.3 is 10.4 Å². The van der Waals surface area contributed by atoms with E-state index in [2.05, 4.69) is 27.6 Å². The van der Waals surface area contributed by atoms with Crippen LogP contribution in [0.1, 0.15) is 39.4 Å². The number of halogens is 3. The number of carbonyl (C=O) groups excluding carboxylic acids is 1. The largest absolute Gasteiger partial charge is 0.490 e. The molecule has 0 atom stereocenters. The molecule has 0 aliphatic carbocycles. The zero-order valence-corrected chi connectivity index (χ0v) is 15.7. The Bertz CT molecular complexity index is 676. The third-order valence-corrected chi connectivity index (χ3v) is 2.86. The highest BCUT2D eigenvalue weighted by Gasteiger charge is 2.38. The summed E-state index contributed by atoms with van der Waals surface area (Å²) < 4.78 is 31.7. The highest BCUT2D eigenvalue weighted by molar-refractivity contribution is 5.75. The maximum atomic E-state index is 11.9. The van der Waals surface area contributed by atoms with E-state index in [4.69, 9.17) is 15.2 Å². The minimum absolute atomic E-state index is 0.0782. The summed E-state index contributed by atoms with van der Waals surface area (Å²) in [4.78, 5) is 28.7. The molecule has 0 saturated carbocycles. The molecule has 9 nitrogen and oxygen atoms in total. The predicted octanol–water partition coefficient (Wildman–Crippen LogP) is 2.46. The standard InChI is InChI=1S/C14H22N6O.C2HF3O2/c1-4-5-7-17-14(21)19-20(10-11(2)3)13-6-8-16-12(9-15)18-13;3-2(4,5)1(6)7/h6,8,11H,4-5,7,10H2,1-3H3,(H2,17,19,21);(H,6,7). The van der Waals surface area contributed by atoms with E-state index < -0.39 is 12.1 Å². The molecule has 0 fully saturated rings. The van der Waals surface area contributed by atoms with Crippen molar-refractivity contribution in [3.63, 3.8) is 0 Å². The monoisotopic (exact) mass is 404 g/mol. The first kappa shape index (κ1) is 24.9. The van der Waals surface area contributed by atoms with Crippen molar-refractivity contribution in [3.8, 4) is 6.07 Å². The number of urea groups is 1. The summed E-state index contributed by atoms with van der Waals surface area (Å²) in [6.07, 6.45) is -1.62. The van der Waals surface area contributed by atoms with Gasteiger partial charge in [-0.15, -0.1) is 0 Å². The van der Waals surface area contributed by atoms with Crippen molar-refractivity contribution in [1.82, 2.24) is 20.7 Å². The first-order valence-corrected chi connectivity index (χ1v) is 8.36. The van der Waals surface area contributed by atoms with Gasteiger partial charge in [0.2, 0.25) is 5.82 Å². The number of anilines is 1. The van der Waals surface area contributed by atoms with Gasteiger partial charge in [-0.1, -0.05) is 27.2 Å². The fourth-order valence-electron chi connectivity index (χ4n) is 1.66. The van der Waals surface area contributed by atoms with Gasteiger partial charge >= 0.3 is 18.2 Å². The Hall–Kier alpha value is -3.10. The average molecular weight is 404 g/mol. The van der Waals surface area contributed by atoms with Crippen LogP contribution in [0.25, 0.3) is 0 Å². The van der Waals surface area contributed by atoms with Crippen molar-refractivity contribution in [2.75, 3.05) is 18.1 Å². The van der Waals surface area contributed by atoms with Crippen LogP contribution in [0.4, 0.5) is 23.8 Å². The number of hydrogen-bond donors (Lipinski definition) is 3. The molecule has 1 heterocycles. The summed E-state index contributed by atoms with van der Waals surface area (Å²) >= 11 is 0. The lowest BCUT2D eigenvalue weighted by molar-refractivity contribution is -0.192. The average Bonchev–Trinajstić information content (AvgIpc) is 2.60. The number of amides is 2. The summed E-state index contributed by atoms with van der Waals surface area (Å²) in [6, 6.07) is 3.28. The molecule has 0 aromatic carbocycles. The lowest BCUT2D eigenvalue weighted by Crippen LogP contribution is -2.49. The van der Waals surface area contributed by atoms with Crippen LogP contribution in [0.5, 0.6) is 0 Å². The van der Waals surface area contributed by atoms with Crippen LogP contribution in [0.3, 0.4) is 0 Å². The number of hydrogen-bond acceptors (Lipinski definition) is 6. The van der Waals surface area contributed by atoms with Gasteiger partial charge in [0.15, 0.2) is 5.82 Å². The maximum Gasteiger partial charge on any atom is 0.490 e. The van der Waals surface area contributed by atoms with E-state index in [0.717, 1.165) is 12.8 Å². The number of aliphatic carboxylic acids is 1. The number of carbonyl (C=O) groups is 2. The van der Waals surface area contributed by atoms with Crippen LogP contribution in [0, 0.1) is 17.2 Å². The number of nitrogens with one attached hydrogen (secondary N) is 2. The molecule has 28 heavy (non-hydrogen) atoms. The van der Waals surface area contributed by atoms with Crippen LogP contribution in [-0.2, 0) is 4.79 Å². The van der Waals surface area contributed by atoms with Gasteiger partial charge in [-0.3, -0.25) is 5.01 Å². The van der Waals surface area contributed by atoms with Gasteiger partial charge in [-0.05, 0) is 12.3 Å². The van der Waals surface area contributed by atoms with Gasteiger partial charge in [-0.2, -0.15) is 23.4 Å². The Morgan fingerprint density at radius 3 is 2.46 bits per heavy atom. The zero-order chi connectivity index (χ0) is 21.7. The molecular weight excluding hydrogens is 381 g/mol. The Balaban J connectivity index is 0.000000887. The van der Waals surface area contributed by atoms with E-state index in [1.54, 1.807) is 11.1 Å². The van der Waals surface area contributed by atoms with Crippen molar-refractivity contribution in [2.45, 2.75) is 39.8 Å². The first-order valence-electron chi connectivity index (χ1n) is 8.36. The van der Waals surface area contributed by atoms with E-state index in [0.29, 0.717) is 24.8 Å². The van der Waals surface area contributed by atoms with Crippen LogP contribution in [0.2, 0.25) is 0 Å². The predicted molar refractivity (Wildman–Crippen MR) is 94.1 cm³/mol. The van der Waals surface area contributed by atoms with E-state index in [9.17, 15) is 18.0 Å². The molecule has 0 spiro atoms. The number of nitriles is 1. The molecule has 1 aromatic rings. The molecule has 156 valence electrons. The number of carboxylic acids is 1. The van der Waals surface area contributed by atoms with Crippen molar-refractivity contribution < 1.29 is 27.9 Å². The minimum Gasteiger partial charge on any atom is -0.475 e. The molecule has 0 aliphatic rings. The Labute approximate surface area is 160 Å². The number of aromatic nitrogens is 2. The molecule has 1 rings (SSSR count). The molecule has 0 aliphatic heterocycles. The van der Waals surface area contributed by atoms with Gasteiger partial charge in [0.1, 0.15) is 6.07 Å².